The molecule has 1 unspecified atom stereocenters. The number of benzene rings is 1. The molecule has 1 saturated heterocycles. The van der Waals surface area contributed by atoms with Crippen LogP contribution in [0.2, 0.25) is 0 Å². The van der Waals surface area contributed by atoms with Crippen molar-refractivity contribution >= 4 is 21.8 Å². The van der Waals surface area contributed by atoms with Gasteiger partial charge in [0.05, 0.1) is 18.1 Å². The Morgan fingerprint density at radius 1 is 1.25 bits per heavy atom. The fourth-order valence-corrected chi connectivity index (χ4v) is 5.91. The minimum atomic E-state index is -3.46. The van der Waals surface area contributed by atoms with E-state index in [2.05, 4.69) is 25.2 Å². The van der Waals surface area contributed by atoms with Crippen molar-refractivity contribution < 1.29 is 13.2 Å². The van der Waals surface area contributed by atoms with Crippen molar-refractivity contribution in [2.45, 2.75) is 23.1 Å². The minimum absolute atomic E-state index is 0.413. The quantitative estimate of drug-likeness (QED) is 0.751. The van der Waals surface area contributed by atoms with Crippen LogP contribution in [-0.4, -0.2) is 44.8 Å². The summed E-state index contributed by atoms with van der Waals surface area (Å²) in [4.78, 5) is 1.24. The van der Waals surface area contributed by atoms with E-state index in [9.17, 15) is 8.42 Å². The SMILES string of the molecule is CC1CC=CC=C1CSc1ccccc1S(=O)(=O)N1CCOCC1. The van der Waals surface area contributed by atoms with Crippen molar-refractivity contribution in [1.82, 2.24) is 4.31 Å². The zero-order valence-corrected chi connectivity index (χ0v) is 15.5. The number of thioether (sulfide) groups is 1. The second-order valence-electron chi connectivity index (χ2n) is 6.06. The highest BCUT2D eigenvalue weighted by atomic mass is 32.2. The van der Waals surface area contributed by atoms with Gasteiger partial charge in [-0.15, -0.1) is 11.8 Å². The van der Waals surface area contributed by atoms with Crippen LogP contribution in [0.25, 0.3) is 0 Å². The van der Waals surface area contributed by atoms with Crippen LogP contribution in [0, 0.1) is 5.92 Å². The Bertz CT molecular complexity index is 734. The normalized spacial score (nSPS) is 22.4. The summed E-state index contributed by atoms with van der Waals surface area (Å²) in [5.41, 5.74) is 1.36. The molecule has 1 heterocycles. The molecule has 0 amide bonds. The van der Waals surface area contributed by atoms with Crippen molar-refractivity contribution in [3.05, 3.63) is 48.1 Å². The zero-order valence-electron chi connectivity index (χ0n) is 13.8. The molecule has 6 heteroatoms. The lowest BCUT2D eigenvalue weighted by Crippen LogP contribution is -2.40. The topological polar surface area (TPSA) is 46.6 Å². The maximum atomic E-state index is 13.0. The standard InChI is InChI=1S/C18H23NO3S2/c1-15-6-2-3-7-16(15)14-23-17-8-4-5-9-18(17)24(20,21)19-10-12-22-13-11-19/h2-5,7-9,15H,6,10-14H2,1H3. The predicted molar refractivity (Wildman–Crippen MR) is 97.7 cm³/mol. The second kappa shape index (κ2) is 7.87. The van der Waals surface area contributed by atoms with Crippen molar-refractivity contribution in [2.75, 3.05) is 32.1 Å². The number of allylic oxidation sites excluding steroid dienone is 3. The zero-order chi connectivity index (χ0) is 17.0. The van der Waals surface area contributed by atoms with Crippen LogP contribution in [0.15, 0.2) is 57.9 Å². The lowest BCUT2D eigenvalue weighted by Gasteiger charge is -2.27. The molecule has 0 bridgehead atoms. The summed E-state index contributed by atoms with van der Waals surface area (Å²) in [6, 6.07) is 7.31. The Morgan fingerprint density at radius 2 is 2.00 bits per heavy atom. The number of hydrogen-bond acceptors (Lipinski definition) is 4. The molecule has 4 nitrogen and oxygen atoms in total. The number of rotatable bonds is 5. The molecule has 3 rings (SSSR count). The molecule has 0 saturated carbocycles. The van der Waals surface area contributed by atoms with Crippen molar-refractivity contribution in [1.29, 1.82) is 0 Å². The van der Waals surface area contributed by atoms with Gasteiger partial charge in [0.2, 0.25) is 10.0 Å². The first-order valence-electron chi connectivity index (χ1n) is 8.24. The van der Waals surface area contributed by atoms with Crippen molar-refractivity contribution in [2.24, 2.45) is 5.92 Å². The van der Waals surface area contributed by atoms with Gasteiger partial charge < -0.3 is 4.74 Å². The van der Waals surface area contributed by atoms with E-state index in [0.29, 0.717) is 37.1 Å². The molecule has 0 N–H and O–H groups in total. The first-order chi connectivity index (χ1) is 11.6. The third-order valence-corrected chi connectivity index (χ3v) is 7.63. The highest BCUT2D eigenvalue weighted by molar-refractivity contribution is 8.00. The van der Waals surface area contributed by atoms with E-state index in [1.54, 1.807) is 23.9 Å². The lowest BCUT2D eigenvalue weighted by molar-refractivity contribution is 0.0729. The van der Waals surface area contributed by atoms with Crippen LogP contribution in [0.1, 0.15) is 13.3 Å². The van der Waals surface area contributed by atoms with Crippen LogP contribution < -0.4 is 0 Å². The van der Waals surface area contributed by atoms with Gasteiger partial charge >= 0.3 is 0 Å². The van der Waals surface area contributed by atoms with Crippen LogP contribution >= 0.6 is 11.8 Å². The van der Waals surface area contributed by atoms with Crippen molar-refractivity contribution in [3.63, 3.8) is 0 Å². The number of sulfonamides is 1. The predicted octanol–water partition coefficient (Wildman–Crippen LogP) is 3.32. The molecule has 0 radical (unpaired) electrons. The Hall–Kier alpha value is -1.08. The van der Waals surface area contributed by atoms with Gasteiger partial charge in [-0.1, -0.05) is 42.9 Å². The van der Waals surface area contributed by atoms with Gasteiger partial charge in [0.15, 0.2) is 0 Å². The Kier molecular flexibility index (Phi) is 5.81. The highest BCUT2D eigenvalue weighted by Gasteiger charge is 2.28. The van der Waals surface area contributed by atoms with Gasteiger partial charge in [0, 0.05) is 23.7 Å². The molecule has 1 aliphatic heterocycles. The molecule has 24 heavy (non-hydrogen) atoms. The summed E-state index contributed by atoms with van der Waals surface area (Å²) < 4.78 is 32.7. The molecule has 130 valence electrons. The van der Waals surface area contributed by atoms with Crippen LogP contribution in [0.5, 0.6) is 0 Å². The van der Waals surface area contributed by atoms with Gasteiger partial charge in [-0.2, -0.15) is 4.31 Å². The third kappa shape index (κ3) is 3.94. The smallest absolute Gasteiger partial charge is 0.244 e. The van der Waals surface area contributed by atoms with Gasteiger partial charge in [-0.05, 0) is 24.5 Å². The third-order valence-electron chi connectivity index (χ3n) is 4.40. The molecule has 1 aromatic carbocycles. The number of ether oxygens (including phenoxy) is 1. The van der Waals surface area contributed by atoms with Gasteiger partial charge in [0.1, 0.15) is 0 Å². The molecule has 1 atom stereocenters. The van der Waals surface area contributed by atoms with Crippen LogP contribution in [-0.2, 0) is 14.8 Å². The van der Waals surface area contributed by atoms with Gasteiger partial charge in [0.25, 0.3) is 0 Å². The van der Waals surface area contributed by atoms with E-state index in [-0.39, 0.29) is 0 Å². The molecule has 1 aliphatic carbocycles. The monoisotopic (exact) mass is 365 g/mol. The number of morpholine rings is 1. The maximum absolute atomic E-state index is 13.0. The summed E-state index contributed by atoms with van der Waals surface area (Å²) in [6.07, 6.45) is 7.47. The molecular formula is C18H23NO3S2. The van der Waals surface area contributed by atoms with Crippen LogP contribution in [0.4, 0.5) is 0 Å². The first-order valence-corrected chi connectivity index (χ1v) is 10.7. The average Bonchev–Trinajstić information content (AvgIpc) is 2.62. The largest absolute Gasteiger partial charge is 0.379 e. The number of nitrogens with zero attached hydrogens (tertiary/aromatic N) is 1. The Balaban J connectivity index is 1.80. The molecule has 2 aliphatic rings. The van der Waals surface area contributed by atoms with Crippen LogP contribution in [0.3, 0.4) is 0 Å². The van der Waals surface area contributed by atoms with Gasteiger partial charge in [-0.3, -0.25) is 0 Å². The fraction of sp³-hybridized carbons (Fsp3) is 0.444. The second-order valence-corrected chi connectivity index (χ2v) is 8.98. The van der Waals surface area contributed by atoms with E-state index in [0.717, 1.165) is 17.1 Å². The summed E-state index contributed by atoms with van der Waals surface area (Å²) in [5.74, 6) is 1.34. The number of hydrogen-bond donors (Lipinski definition) is 0. The molecule has 0 spiro atoms. The maximum Gasteiger partial charge on any atom is 0.244 e. The molecule has 1 fully saturated rings. The molecule has 0 aromatic heterocycles. The van der Waals surface area contributed by atoms with E-state index < -0.39 is 10.0 Å². The lowest BCUT2D eigenvalue weighted by atomic mass is 9.95. The van der Waals surface area contributed by atoms with Crippen molar-refractivity contribution in [3.8, 4) is 0 Å². The summed E-state index contributed by atoms with van der Waals surface area (Å²) >= 11 is 1.61. The minimum Gasteiger partial charge on any atom is -0.379 e. The Labute approximate surface area is 148 Å². The molecular weight excluding hydrogens is 342 g/mol. The fourth-order valence-electron chi connectivity index (χ4n) is 2.85. The summed E-state index contributed by atoms with van der Waals surface area (Å²) in [5, 5.41) is 0. The summed E-state index contributed by atoms with van der Waals surface area (Å²) in [7, 11) is -3.46. The van der Waals surface area contributed by atoms with E-state index in [4.69, 9.17) is 4.74 Å². The van der Waals surface area contributed by atoms with E-state index in [1.807, 2.05) is 12.1 Å². The van der Waals surface area contributed by atoms with Gasteiger partial charge in [-0.25, -0.2) is 8.42 Å². The average molecular weight is 366 g/mol. The molecule has 1 aromatic rings. The first kappa shape index (κ1) is 17.7. The van der Waals surface area contributed by atoms with E-state index >= 15 is 0 Å². The summed E-state index contributed by atoms with van der Waals surface area (Å²) in [6.45, 7) is 3.99. The highest BCUT2D eigenvalue weighted by Crippen LogP contribution is 2.32. The van der Waals surface area contributed by atoms with E-state index in [1.165, 1.54) is 9.88 Å². The Morgan fingerprint density at radius 3 is 2.75 bits per heavy atom.